The van der Waals surface area contributed by atoms with Crippen LogP contribution in [0, 0.1) is 0 Å². The number of rotatable bonds is 3. The van der Waals surface area contributed by atoms with Crippen LogP contribution in [0.2, 0.25) is 0 Å². The van der Waals surface area contributed by atoms with Gasteiger partial charge in [0, 0.05) is 11.9 Å². The number of hydrogen-bond acceptors (Lipinski definition) is 3. The van der Waals surface area contributed by atoms with Crippen molar-refractivity contribution in [1.82, 2.24) is 15.0 Å². The molecule has 0 bridgehead atoms. The fourth-order valence-corrected chi connectivity index (χ4v) is 1.47. The SMILES string of the molecule is CCc1[nH]c(-c2ccccn2)nc1C(=O)O. The highest BCUT2D eigenvalue weighted by molar-refractivity contribution is 5.87. The molecule has 0 radical (unpaired) electrons. The highest BCUT2D eigenvalue weighted by Gasteiger charge is 2.16. The van der Waals surface area contributed by atoms with E-state index in [9.17, 15) is 4.79 Å². The molecule has 0 aliphatic rings. The molecule has 0 aliphatic heterocycles. The second-order valence-corrected chi connectivity index (χ2v) is 3.29. The second-order valence-electron chi connectivity index (χ2n) is 3.29. The Bertz CT molecular complexity index is 505. The lowest BCUT2D eigenvalue weighted by Gasteiger charge is -1.93. The van der Waals surface area contributed by atoms with Gasteiger partial charge < -0.3 is 10.1 Å². The van der Waals surface area contributed by atoms with E-state index in [2.05, 4.69) is 15.0 Å². The average Bonchev–Trinajstić information content (AvgIpc) is 2.74. The van der Waals surface area contributed by atoms with Gasteiger partial charge in [0.25, 0.3) is 0 Å². The van der Waals surface area contributed by atoms with Crippen molar-refractivity contribution in [3.8, 4) is 11.5 Å². The molecule has 2 aromatic rings. The summed E-state index contributed by atoms with van der Waals surface area (Å²) in [6.07, 6.45) is 2.24. The average molecular weight is 217 g/mol. The van der Waals surface area contributed by atoms with Gasteiger partial charge in [0.15, 0.2) is 11.5 Å². The van der Waals surface area contributed by atoms with Crippen LogP contribution in [-0.4, -0.2) is 26.0 Å². The minimum Gasteiger partial charge on any atom is -0.476 e. The second kappa shape index (κ2) is 4.14. The minimum absolute atomic E-state index is 0.0724. The Morgan fingerprint density at radius 2 is 2.31 bits per heavy atom. The number of nitrogens with one attached hydrogen (secondary N) is 1. The summed E-state index contributed by atoms with van der Waals surface area (Å²) in [5, 5.41) is 8.95. The first-order valence-corrected chi connectivity index (χ1v) is 4.96. The molecule has 82 valence electrons. The molecule has 0 amide bonds. The Morgan fingerprint density at radius 1 is 1.50 bits per heavy atom. The monoisotopic (exact) mass is 217 g/mol. The number of imidazole rings is 1. The third-order valence-electron chi connectivity index (χ3n) is 2.24. The van der Waals surface area contributed by atoms with Gasteiger partial charge in [-0.1, -0.05) is 13.0 Å². The van der Waals surface area contributed by atoms with Crippen molar-refractivity contribution in [2.75, 3.05) is 0 Å². The van der Waals surface area contributed by atoms with Crippen LogP contribution in [-0.2, 0) is 6.42 Å². The van der Waals surface area contributed by atoms with E-state index in [1.54, 1.807) is 18.3 Å². The van der Waals surface area contributed by atoms with Crippen LogP contribution < -0.4 is 0 Å². The van der Waals surface area contributed by atoms with Crippen LogP contribution in [0.5, 0.6) is 0 Å². The summed E-state index contributed by atoms with van der Waals surface area (Å²) in [6, 6.07) is 5.41. The predicted octanol–water partition coefficient (Wildman–Crippen LogP) is 1.73. The van der Waals surface area contributed by atoms with E-state index >= 15 is 0 Å². The molecule has 0 atom stereocenters. The number of aryl methyl sites for hydroxylation is 1. The molecule has 0 spiro atoms. The fourth-order valence-electron chi connectivity index (χ4n) is 1.47. The van der Waals surface area contributed by atoms with E-state index in [1.807, 2.05) is 13.0 Å². The number of hydrogen-bond donors (Lipinski definition) is 2. The predicted molar refractivity (Wildman–Crippen MR) is 58.2 cm³/mol. The molecular formula is C11H11N3O2. The largest absolute Gasteiger partial charge is 0.476 e. The van der Waals surface area contributed by atoms with Crippen molar-refractivity contribution < 1.29 is 9.90 Å². The van der Waals surface area contributed by atoms with Crippen molar-refractivity contribution in [3.63, 3.8) is 0 Å². The van der Waals surface area contributed by atoms with Gasteiger partial charge in [-0.2, -0.15) is 0 Å². The van der Waals surface area contributed by atoms with Gasteiger partial charge in [-0.05, 0) is 18.6 Å². The van der Waals surface area contributed by atoms with Crippen LogP contribution in [0.4, 0.5) is 0 Å². The Morgan fingerprint density at radius 3 is 2.81 bits per heavy atom. The maximum absolute atomic E-state index is 10.9. The Hall–Kier alpha value is -2.17. The van der Waals surface area contributed by atoms with Gasteiger partial charge in [-0.3, -0.25) is 4.98 Å². The molecule has 5 heteroatoms. The zero-order valence-electron chi connectivity index (χ0n) is 8.77. The van der Waals surface area contributed by atoms with Crippen molar-refractivity contribution in [1.29, 1.82) is 0 Å². The van der Waals surface area contributed by atoms with E-state index in [0.29, 0.717) is 23.6 Å². The standard InChI is InChI=1S/C11H11N3O2/c1-2-7-9(11(15)16)14-10(13-7)8-5-3-4-6-12-8/h3-6H,2H2,1H3,(H,13,14)(H,15,16). The smallest absolute Gasteiger partial charge is 0.356 e. The fraction of sp³-hybridized carbons (Fsp3) is 0.182. The molecule has 0 saturated carbocycles. The lowest BCUT2D eigenvalue weighted by Crippen LogP contribution is -2.00. The lowest BCUT2D eigenvalue weighted by molar-refractivity contribution is 0.0690. The number of nitrogens with zero attached hydrogens (tertiary/aromatic N) is 2. The molecule has 16 heavy (non-hydrogen) atoms. The topological polar surface area (TPSA) is 78.9 Å². The summed E-state index contributed by atoms with van der Waals surface area (Å²) in [6.45, 7) is 1.88. The van der Waals surface area contributed by atoms with Crippen molar-refractivity contribution in [2.45, 2.75) is 13.3 Å². The van der Waals surface area contributed by atoms with Crippen molar-refractivity contribution in [2.24, 2.45) is 0 Å². The first kappa shape index (κ1) is 10.4. The van der Waals surface area contributed by atoms with E-state index in [0.717, 1.165) is 0 Å². The number of carboxylic acid groups (broad SMARTS) is 1. The number of H-pyrrole nitrogens is 1. The third kappa shape index (κ3) is 1.79. The maximum Gasteiger partial charge on any atom is 0.356 e. The first-order chi connectivity index (χ1) is 7.72. The summed E-state index contributed by atoms with van der Waals surface area (Å²) < 4.78 is 0. The zero-order chi connectivity index (χ0) is 11.5. The Kier molecular flexibility index (Phi) is 2.68. The minimum atomic E-state index is -1.02. The van der Waals surface area contributed by atoms with Gasteiger partial charge in [-0.15, -0.1) is 0 Å². The summed E-state index contributed by atoms with van der Waals surface area (Å²) in [4.78, 5) is 22.0. The number of aromatic carboxylic acids is 1. The first-order valence-electron chi connectivity index (χ1n) is 4.96. The summed E-state index contributed by atoms with van der Waals surface area (Å²) >= 11 is 0. The van der Waals surface area contributed by atoms with Gasteiger partial charge >= 0.3 is 5.97 Å². The van der Waals surface area contributed by atoms with E-state index in [1.165, 1.54) is 0 Å². The number of carboxylic acids is 1. The quantitative estimate of drug-likeness (QED) is 0.820. The molecule has 5 nitrogen and oxygen atoms in total. The highest BCUT2D eigenvalue weighted by Crippen LogP contribution is 2.16. The van der Waals surface area contributed by atoms with Gasteiger partial charge in [-0.25, -0.2) is 9.78 Å². The lowest BCUT2D eigenvalue weighted by atomic mass is 10.3. The van der Waals surface area contributed by atoms with Gasteiger partial charge in [0.05, 0.1) is 0 Å². The molecule has 2 rings (SSSR count). The van der Waals surface area contributed by atoms with Crippen molar-refractivity contribution >= 4 is 5.97 Å². The molecule has 0 unspecified atom stereocenters. The molecule has 0 aromatic carbocycles. The third-order valence-corrected chi connectivity index (χ3v) is 2.24. The van der Waals surface area contributed by atoms with Crippen LogP contribution in [0.25, 0.3) is 11.5 Å². The van der Waals surface area contributed by atoms with E-state index in [4.69, 9.17) is 5.11 Å². The molecule has 0 fully saturated rings. The zero-order valence-corrected chi connectivity index (χ0v) is 8.77. The number of aromatic nitrogens is 3. The molecule has 0 aliphatic carbocycles. The molecule has 0 saturated heterocycles. The molecule has 2 aromatic heterocycles. The molecule has 2 heterocycles. The Labute approximate surface area is 92.2 Å². The highest BCUT2D eigenvalue weighted by atomic mass is 16.4. The summed E-state index contributed by atoms with van der Waals surface area (Å²) in [5.41, 5.74) is 1.33. The van der Waals surface area contributed by atoms with Gasteiger partial charge in [0.2, 0.25) is 0 Å². The molecule has 2 N–H and O–H groups in total. The number of carbonyl (C=O) groups is 1. The summed E-state index contributed by atoms with van der Waals surface area (Å²) in [5.74, 6) is -0.523. The van der Waals surface area contributed by atoms with Crippen LogP contribution >= 0.6 is 0 Å². The van der Waals surface area contributed by atoms with Crippen LogP contribution in [0.15, 0.2) is 24.4 Å². The normalized spacial score (nSPS) is 10.3. The van der Waals surface area contributed by atoms with Crippen molar-refractivity contribution in [3.05, 3.63) is 35.8 Å². The maximum atomic E-state index is 10.9. The van der Waals surface area contributed by atoms with Gasteiger partial charge in [0.1, 0.15) is 5.69 Å². The number of aromatic amines is 1. The summed E-state index contributed by atoms with van der Waals surface area (Å²) in [7, 11) is 0. The molecular weight excluding hydrogens is 206 g/mol. The van der Waals surface area contributed by atoms with E-state index < -0.39 is 5.97 Å². The van der Waals surface area contributed by atoms with Crippen LogP contribution in [0.1, 0.15) is 23.1 Å². The number of pyridine rings is 1. The van der Waals surface area contributed by atoms with E-state index in [-0.39, 0.29) is 5.69 Å². The van der Waals surface area contributed by atoms with Crippen LogP contribution in [0.3, 0.4) is 0 Å². The Balaban J connectivity index is 2.48.